The van der Waals surface area contributed by atoms with E-state index in [1.54, 1.807) is 26.2 Å². The van der Waals surface area contributed by atoms with E-state index in [-0.39, 0.29) is 0 Å². The van der Waals surface area contributed by atoms with E-state index < -0.39 is 10.0 Å². The lowest BCUT2D eigenvalue weighted by Crippen LogP contribution is -2.39. The molecule has 0 bridgehead atoms. The lowest BCUT2D eigenvalue weighted by molar-refractivity contribution is 0.131. The molecule has 3 rings (SSSR count). The van der Waals surface area contributed by atoms with Crippen molar-refractivity contribution in [1.29, 1.82) is 0 Å². The molecule has 2 heterocycles. The van der Waals surface area contributed by atoms with Crippen LogP contribution in [0.5, 0.6) is 0 Å². The number of likely N-dealkylation sites (tertiary alicyclic amines) is 1. The summed E-state index contributed by atoms with van der Waals surface area (Å²) in [6.45, 7) is 7.28. The number of aryl methyl sites for hydroxylation is 1. The van der Waals surface area contributed by atoms with E-state index in [1.807, 2.05) is 6.07 Å². The van der Waals surface area contributed by atoms with Crippen molar-refractivity contribution >= 4 is 21.1 Å². The molecule has 27 heavy (non-hydrogen) atoms. The summed E-state index contributed by atoms with van der Waals surface area (Å²) >= 11 is 0. The number of sulfonamides is 1. The van der Waals surface area contributed by atoms with Crippen LogP contribution in [0.25, 0.3) is 11.0 Å². The summed E-state index contributed by atoms with van der Waals surface area (Å²) in [4.78, 5) is 7.72. The molecule has 0 unspecified atom stereocenters. The van der Waals surface area contributed by atoms with Crippen molar-refractivity contribution in [2.45, 2.75) is 70.0 Å². The summed E-state index contributed by atoms with van der Waals surface area (Å²) < 4.78 is 28.5. The molecule has 0 N–H and O–H groups in total. The molecule has 1 aliphatic heterocycles. The third-order valence-electron chi connectivity index (χ3n) is 5.59. The third-order valence-corrected chi connectivity index (χ3v) is 7.40. The molecule has 1 fully saturated rings. The highest BCUT2D eigenvalue weighted by molar-refractivity contribution is 7.89. The van der Waals surface area contributed by atoms with Gasteiger partial charge in [0.1, 0.15) is 5.82 Å². The Morgan fingerprint density at radius 1 is 1.22 bits per heavy atom. The van der Waals surface area contributed by atoms with Gasteiger partial charge in [-0.1, -0.05) is 20.3 Å². The van der Waals surface area contributed by atoms with Gasteiger partial charge < -0.3 is 4.57 Å². The Kier molecular flexibility index (Phi) is 6.23. The maximum absolute atomic E-state index is 12.5. The minimum absolute atomic E-state index is 0.303. The number of rotatable bonds is 7. The van der Waals surface area contributed by atoms with Gasteiger partial charge in [0.05, 0.1) is 22.5 Å². The molecular weight excluding hydrogens is 360 g/mol. The number of fused-ring (bicyclic) bond motifs is 1. The van der Waals surface area contributed by atoms with Gasteiger partial charge in [-0.15, -0.1) is 0 Å². The first-order valence-corrected chi connectivity index (χ1v) is 11.5. The van der Waals surface area contributed by atoms with Crippen LogP contribution in [0.2, 0.25) is 0 Å². The zero-order valence-electron chi connectivity index (χ0n) is 17.0. The Balaban J connectivity index is 2.00. The average Bonchev–Trinajstić information content (AvgIpc) is 2.99. The highest BCUT2D eigenvalue weighted by Gasteiger charge is 2.24. The Labute approximate surface area is 163 Å². The Hall–Kier alpha value is -1.44. The fourth-order valence-corrected chi connectivity index (χ4v) is 4.96. The summed E-state index contributed by atoms with van der Waals surface area (Å²) in [5.74, 6) is 1.05. The van der Waals surface area contributed by atoms with Gasteiger partial charge in [0.2, 0.25) is 10.0 Å². The summed E-state index contributed by atoms with van der Waals surface area (Å²) in [7, 11) is -0.336. The van der Waals surface area contributed by atoms with Gasteiger partial charge >= 0.3 is 0 Å². The maximum atomic E-state index is 12.5. The monoisotopic (exact) mass is 392 g/mol. The lowest BCUT2D eigenvalue weighted by Gasteiger charge is -2.34. The van der Waals surface area contributed by atoms with Gasteiger partial charge in [-0.2, -0.15) is 0 Å². The van der Waals surface area contributed by atoms with Crippen LogP contribution in [0.4, 0.5) is 0 Å². The largest absolute Gasteiger partial charge is 0.327 e. The molecule has 1 aromatic carbocycles. The zero-order chi connectivity index (χ0) is 19.6. The SMILES string of the molecule is CCCn1c(CN2CCCC[C@H]2CC)nc2cc(S(=O)(=O)N(C)C)ccc21. The summed E-state index contributed by atoms with van der Waals surface area (Å²) in [5.41, 5.74) is 1.79. The summed E-state index contributed by atoms with van der Waals surface area (Å²) in [5, 5.41) is 0. The van der Waals surface area contributed by atoms with Crippen LogP contribution < -0.4 is 0 Å². The van der Waals surface area contributed by atoms with Crippen LogP contribution in [0.3, 0.4) is 0 Å². The van der Waals surface area contributed by atoms with E-state index in [0.717, 1.165) is 42.9 Å². The van der Waals surface area contributed by atoms with Crippen molar-refractivity contribution in [3.8, 4) is 0 Å². The molecule has 0 amide bonds. The number of imidazole rings is 1. The summed E-state index contributed by atoms with van der Waals surface area (Å²) in [6, 6.07) is 5.95. The van der Waals surface area contributed by atoms with Gasteiger partial charge in [0.15, 0.2) is 0 Å². The second-order valence-electron chi connectivity index (χ2n) is 7.65. The summed E-state index contributed by atoms with van der Waals surface area (Å²) in [6.07, 6.45) is 6.00. The fourth-order valence-electron chi connectivity index (χ4n) is 4.04. The van der Waals surface area contributed by atoms with Gasteiger partial charge in [0, 0.05) is 26.7 Å². The van der Waals surface area contributed by atoms with Gasteiger partial charge in [-0.3, -0.25) is 4.90 Å². The molecule has 2 aromatic rings. The van der Waals surface area contributed by atoms with E-state index >= 15 is 0 Å². The Morgan fingerprint density at radius 3 is 2.67 bits per heavy atom. The van der Waals surface area contributed by atoms with Gasteiger partial charge in [-0.05, 0) is 50.4 Å². The minimum Gasteiger partial charge on any atom is -0.327 e. The zero-order valence-corrected chi connectivity index (χ0v) is 17.8. The molecule has 0 radical (unpaired) electrons. The number of piperidine rings is 1. The molecule has 7 heteroatoms. The van der Waals surface area contributed by atoms with Crippen LogP contribution in [-0.2, 0) is 23.1 Å². The highest BCUT2D eigenvalue weighted by Crippen LogP contribution is 2.26. The van der Waals surface area contributed by atoms with E-state index in [1.165, 1.54) is 30.0 Å². The first-order valence-electron chi connectivity index (χ1n) is 10.0. The van der Waals surface area contributed by atoms with Crippen LogP contribution >= 0.6 is 0 Å². The second kappa shape index (κ2) is 8.29. The Morgan fingerprint density at radius 2 is 2.00 bits per heavy atom. The first-order chi connectivity index (χ1) is 12.9. The van der Waals surface area contributed by atoms with Crippen molar-refractivity contribution in [2.75, 3.05) is 20.6 Å². The second-order valence-corrected chi connectivity index (χ2v) is 9.80. The molecule has 1 atom stereocenters. The number of hydrogen-bond donors (Lipinski definition) is 0. The van der Waals surface area contributed by atoms with Gasteiger partial charge in [-0.25, -0.2) is 17.7 Å². The van der Waals surface area contributed by atoms with E-state index in [9.17, 15) is 8.42 Å². The Bertz CT molecular complexity index is 889. The molecule has 1 aliphatic rings. The van der Waals surface area contributed by atoms with Crippen LogP contribution in [0.15, 0.2) is 23.1 Å². The molecule has 1 aromatic heterocycles. The number of nitrogens with zero attached hydrogens (tertiary/aromatic N) is 4. The first kappa shape index (κ1) is 20.3. The van der Waals surface area contributed by atoms with Crippen molar-refractivity contribution in [3.63, 3.8) is 0 Å². The van der Waals surface area contributed by atoms with E-state index in [2.05, 4.69) is 23.3 Å². The van der Waals surface area contributed by atoms with E-state index in [4.69, 9.17) is 4.98 Å². The third kappa shape index (κ3) is 4.05. The van der Waals surface area contributed by atoms with Gasteiger partial charge in [0.25, 0.3) is 0 Å². The predicted octanol–water partition coefficient (Wildman–Crippen LogP) is 3.46. The molecule has 0 saturated carbocycles. The maximum Gasteiger partial charge on any atom is 0.242 e. The minimum atomic E-state index is -3.45. The lowest BCUT2D eigenvalue weighted by atomic mass is 10.0. The molecule has 1 saturated heterocycles. The van der Waals surface area contributed by atoms with Crippen molar-refractivity contribution in [3.05, 3.63) is 24.0 Å². The van der Waals surface area contributed by atoms with Crippen molar-refractivity contribution in [1.82, 2.24) is 18.8 Å². The quantitative estimate of drug-likeness (QED) is 0.724. The van der Waals surface area contributed by atoms with Crippen molar-refractivity contribution < 1.29 is 8.42 Å². The number of benzene rings is 1. The van der Waals surface area contributed by atoms with Crippen LogP contribution in [0, 0.1) is 0 Å². The molecule has 0 aliphatic carbocycles. The normalized spacial score (nSPS) is 19.2. The van der Waals surface area contributed by atoms with E-state index in [0.29, 0.717) is 10.9 Å². The number of aromatic nitrogens is 2. The van der Waals surface area contributed by atoms with Crippen molar-refractivity contribution in [2.24, 2.45) is 0 Å². The molecular formula is C20H32N4O2S. The predicted molar refractivity (Wildman–Crippen MR) is 109 cm³/mol. The molecule has 0 spiro atoms. The molecule has 150 valence electrons. The smallest absolute Gasteiger partial charge is 0.242 e. The van der Waals surface area contributed by atoms with Crippen LogP contribution in [-0.4, -0.2) is 53.9 Å². The highest BCUT2D eigenvalue weighted by atomic mass is 32.2. The number of hydrogen-bond acceptors (Lipinski definition) is 4. The standard InChI is InChI=1S/C20H32N4O2S/c1-5-12-24-19-11-10-17(27(25,26)22(3)4)14-18(19)21-20(24)15-23-13-8-7-9-16(23)6-2/h10-11,14,16H,5-9,12-13,15H2,1-4H3/t16-/m1/s1. The fraction of sp³-hybridized carbons (Fsp3) is 0.650. The topological polar surface area (TPSA) is 58.4 Å². The molecule has 6 nitrogen and oxygen atoms in total. The average molecular weight is 393 g/mol. The van der Waals surface area contributed by atoms with Crippen LogP contribution in [0.1, 0.15) is 51.8 Å².